The third-order valence-corrected chi connectivity index (χ3v) is 6.95. The first-order valence-corrected chi connectivity index (χ1v) is 12.7. The van der Waals surface area contributed by atoms with Crippen LogP contribution in [0.4, 0.5) is 10.1 Å². The van der Waals surface area contributed by atoms with Gasteiger partial charge < -0.3 is 19.2 Å². The van der Waals surface area contributed by atoms with Crippen LogP contribution in [0.15, 0.2) is 65.1 Å². The number of carbonyl (C=O) groups is 1. The van der Waals surface area contributed by atoms with Crippen molar-refractivity contribution in [3.8, 4) is 0 Å². The van der Waals surface area contributed by atoms with Crippen LogP contribution in [-0.4, -0.2) is 54.6 Å². The number of aryl methyl sites for hydroxylation is 1. The number of carbonyl (C=O) groups excluding carboxylic acids is 1. The first kappa shape index (κ1) is 24.4. The second-order valence-corrected chi connectivity index (χ2v) is 9.67. The molecule has 0 atom stereocenters. The van der Waals surface area contributed by atoms with Crippen molar-refractivity contribution < 1.29 is 13.6 Å². The summed E-state index contributed by atoms with van der Waals surface area (Å²) in [6.07, 6.45) is 0.846. The number of nitrogens with one attached hydrogen (secondary N) is 1. The van der Waals surface area contributed by atoms with Gasteiger partial charge in [0, 0.05) is 56.4 Å². The molecule has 2 aromatic carbocycles. The Bertz CT molecular complexity index is 1340. The van der Waals surface area contributed by atoms with Gasteiger partial charge in [-0.2, -0.15) is 0 Å². The summed E-state index contributed by atoms with van der Waals surface area (Å²) in [4.78, 5) is 17.6. The number of para-hydroxylation sites is 1. The molecule has 0 unspecified atom stereocenters. The second-order valence-electron chi connectivity index (χ2n) is 9.24. The highest BCUT2D eigenvalue weighted by Gasteiger charge is 2.20. The van der Waals surface area contributed by atoms with Crippen LogP contribution in [0.2, 0.25) is 5.02 Å². The number of furan rings is 1. The van der Waals surface area contributed by atoms with Gasteiger partial charge in [-0.05, 0) is 49.7 Å². The standard InChI is InChI=1S/C28H30ClFN4O2/c1-20-17-25-27(36-20)18-26(34(25)19-21-7-9-22(29)10-8-21)28(35)31-11-4-12-32-13-15-33(16-14-32)24-6-3-2-5-23(24)30/h2-3,5-10,17-18H,4,11-16,19H2,1H3,(H,31,35). The molecule has 1 aliphatic heterocycles. The van der Waals surface area contributed by atoms with Crippen LogP contribution in [0.25, 0.3) is 11.1 Å². The molecule has 5 rings (SSSR count). The molecule has 1 fully saturated rings. The summed E-state index contributed by atoms with van der Waals surface area (Å²) >= 11 is 6.04. The summed E-state index contributed by atoms with van der Waals surface area (Å²) in [5, 5.41) is 3.75. The van der Waals surface area contributed by atoms with Crippen LogP contribution in [0, 0.1) is 12.7 Å². The molecular formula is C28H30ClFN4O2. The van der Waals surface area contributed by atoms with E-state index in [4.69, 9.17) is 16.0 Å². The predicted molar refractivity (Wildman–Crippen MR) is 141 cm³/mol. The summed E-state index contributed by atoms with van der Waals surface area (Å²) in [6, 6.07) is 18.4. The van der Waals surface area contributed by atoms with Crippen molar-refractivity contribution in [2.24, 2.45) is 0 Å². The number of benzene rings is 2. The van der Waals surface area contributed by atoms with E-state index in [2.05, 4.69) is 15.1 Å². The fourth-order valence-electron chi connectivity index (χ4n) is 4.81. The first-order chi connectivity index (χ1) is 17.5. The fraction of sp³-hybridized carbons (Fsp3) is 0.321. The Balaban J connectivity index is 1.15. The van der Waals surface area contributed by atoms with Crippen LogP contribution in [0.3, 0.4) is 0 Å². The molecule has 3 heterocycles. The zero-order chi connectivity index (χ0) is 25.1. The van der Waals surface area contributed by atoms with Crippen molar-refractivity contribution in [2.75, 3.05) is 44.2 Å². The van der Waals surface area contributed by atoms with E-state index < -0.39 is 0 Å². The van der Waals surface area contributed by atoms with E-state index in [1.54, 1.807) is 6.07 Å². The Morgan fingerprint density at radius 2 is 1.81 bits per heavy atom. The Morgan fingerprint density at radius 3 is 2.56 bits per heavy atom. The molecular weight excluding hydrogens is 479 g/mol. The number of anilines is 1. The lowest BCUT2D eigenvalue weighted by Gasteiger charge is -2.36. The topological polar surface area (TPSA) is 53.7 Å². The Labute approximate surface area is 215 Å². The van der Waals surface area contributed by atoms with Gasteiger partial charge in [-0.15, -0.1) is 0 Å². The third kappa shape index (κ3) is 5.42. The molecule has 1 aliphatic rings. The van der Waals surface area contributed by atoms with Gasteiger partial charge in [0.25, 0.3) is 5.91 Å². The molecule has 1 saturated heterocycles. The molecule has 0 spiro atoms. The highest BCUT2D eigenvalue weighted by atomic mass is 35.5. The van der Waals surface area contributed by atoms with E-state index >= 15 is 0 Å². The van der Waals surface area contributed by atoms with Crippen molar-refractivity contribution in [1.29, 1.82) is 0 Å². The van der Waals surface area contributed by atoms with Crippen molar-refractivity contribution in [3.63, 3.8) is 0 Å². The SMILES string of the molecule is Cc1cc2c(cc(C(=O)NCCCN3CCN(c4ccccc4F)CC3)n2Cc2ccc(Cl)cc2)o1. The van der Waals surface area contributed by atoms with E-state index in [0.717, 1.165) is 56.0 Å². The average Bonchev–Trinajstić information content (AvgIpc) is 3.40. The molecule has 1 amide bonds. The van der Waals surface area contributed by atoms with Gasteiger partial charge in [-0.25, -0.2) is 4.39 Å². The zero-order valence-electron chi connectivity index (χ0n) is 20.3. The van der Waals surface area contributed by atoms with Crippen LogP contribution in [0.5, 0.6) is 0 Å². The molecule has 6 nitrogen and oxygen atoms in total. The van der Waals surface area contributed by atoms with E-state index in [1.165, 1.54) is 6.07 Å². The molecule has 2 aromatic heterocycles. The summed E-state index contributed by atoms with van der Waals surface area (Å²) < 4.78 is 21.8. The quantitative estimate of drug-likeness (QED) is 0.327. The van der Waals surface area contributed by atoms with Crippen LogP contribution >= 0.6 is 11.6 Å². The number of nitrogens with zero attached hydrogens (tertiary/aromatic N) is 3. The number of rotatable bonds is 8. The maximum Gasteiger partial charge on any atom is 0.268 e. The molecule has 188 valence electrons. The average molecular weight is 509 g/mol. The monoisotopic (exact) mass is 508 g/mol. The van der Waals surface area contributed by atoms with E-state index in [-0.39, 0.29) is 11.7 Å². The smallest absolute Gasteiger partial charge is 0.268 e. The molecule has 1 N–H and O–H groups in total. The lowest BCUT2D eigenvalue weighted by Crippen LogP contribution is -2.47. The number of fused-ring (bicyclic) bond motifs is 1. The number of piperazine rings is 1. The largest absolute Gasteiger partial charge is 0.460 e. The summed E-state index contributed by atoms with van der Waals surface area (Å²) in [5.41, 5.74) is 3.92. The molecule has 0 bridgehead atoms. The Kier molecular flexibility index (Phi) is 7.30. The van der Waals surface area contributed by atoms with Gasteiger partial charge in [0.05, 0.1) is 11.2 Å². The van der Waals surface area contributed by atoms with Gasteiger partial charge in [0.15, 0.2) is 5.58 Å². The molecule has 0 saturated carbocycles. The van der Waals surface area contributed by atoms with E-state index in [9.17, 15) is 9.18 Å². The maximum atomic E-state index is 14.1. The van der Waals surface area contributed by atoms with Gasteiger partial charge >= 0.3 is 0 Å². The number of aromatic nitrogens is 1. The lowest BCUT2D eigenvalue weighted by atomic mass is 10.2. The van der Waals surface area contributed by atoms with Gasteiger partial charge in [-0.3, -0.25) is 9.69 Å². The Morgan fingerprint density at radius 1 is 1.06 bits per heavy atom. The van der Waals surface area contributed by atoms with Crippen molar-refractivity contribution in [2.45, 2.75) is 19.9 Å². The maximum absolute atomic E-state index is 14.1. The Hall–Kier alpha value is -3.29. The van der Waals surface area contributed by atoms with Crippen molar-refractivity contribution in [1.82, 2.24) is 14.8 Å². The normalized spacial score (nSPS) is 14.5. The van der Waals surface area contributed by atoms with Crippen LogP contribution in [0.1, 0.15) is 28.2 Å². The lowest BCUT2D eigenvalue weighted by molar-refractivity contribution is 0.0943. The minimum absolute atomic E-state index is 0.114. The van der Waals surface area contributed by atoms with Crippen LogP contribution < -0.4 is 10.2 Å². The minimum atomic E-state index is -0.170. The van der Waals surface area contributed by atoms with E-state index in [1.807, 2.05) is 60.0 Å². The van der Waals surface area contributed by atoms with Gasteiger partial charge in [0.1, 0.15) is 17.3 Å². The molecule has 4 aromatic rings. The molecule has 0 radical (unpaired) electrons. The third-order valence-electron chi connectivity index (χ3n) is 6.70. The number of hydrogen-bond donors (Lipinski definition) is 1. The summed E-state index contributed by atoms with van der Waals surface area (Å²) in [7, 11) is 0. The highest BCUT2D eigenvalue weighted by Crippen LogP contribution is 2.25. The van der Waals surface area contributed by atoms with E-state index in [0.29, 0.717) is 35.1 Å². The number of halogens is 2. The van der Waals surface area contributed by atoms with Crippen molar-refractivity contribution in [3.05, 3.63) is 88.5 Å². The zero-order valence-corrected chi connectivity index (χ0v) is 21.1. The molecule has 0 aliphatic carbocycles. The second kappa shape index (κ2) is 10.8. The van der Waals surface area contributed by atoms with Gasteiger partial charge in [-0.1, -0.05) is 35.9 Å². The fourth-order valence-corrected chi connectivity index (χ4v) is 4.94. The minimum Gasteiger partial charge on any atom is -0.460 e. The number of hydrogen-bond acceptors (Lipinski definition) is 4. The highest BCUT2D eigenvalue weighted by molar-refractivity contribution is 6.30. The predicted octanol–water partition coefficient (Wildman–Crippen LogP) is 5.33. The van der Waals surface area contributed by atoms with Gasteiger partial charge in [0.2, 0.25) is 0 Å². The molecule has 36 heavy (non-hydrogen) atoms. The van der Waals surface area contributed by atoms with Crippen LogP contribution in [-0.2, 0) is 6.54 Å². The summed E-state index contributed by atoms with van der Waals surface area (Å²) in [6.45, 7) is 7.27. The summed E-state index contributed by atoms with van der Waals surface area (Å²) in [5.74, 6) is 0.529. The number of amides is 1. The van der Waals surface area contributed by atoms with Crippen molar-refractivity contribution >= 4 is 34.3 Å². The molecule has 8 heteroatoms. The first-order valence-electron chi connectivity index (χ1n) is 12.3.